The number of hydrogen-bond acceptors (Lipinski definition) is 1. The normalized spacial score (nSPS) is 32.8. The van der Waals surface area contributed by atoms with Crippen molar-refractivity contribution >= 4 is 15.9 Å². The van der Waals surface area contributed by atoms with Gasteiger partial charge in [-0.1, -0.05) is 36.7 Å². The van der Waals surface area contributed by atoms with Crippen molar-refractivity contribution in [3.8, 4) is 0 Å². The van der Waals surface area contributed by atoms with Crippen LogP contribution in [0.15, 0.2) is 0 Å². The average Bonchev–Trinajstić information content (AvgIpc) is 1.96. The highest BCUT2D eigenvalue weighted by atomic mass is 79.9. The molecule has 1 rings (SSSR count). The van der Waals surface area contributed by atoms with Gasteiger partial charge in [-0.25, -0.2) is 0 Å². The molecule has 1 aliphatic heterocycles. The molecule has 0 aromatic rings. The van der Waals surface area contributed by atoms with Crippen molar-refractivity contribution in [3.63, 3.8) is 0 Å². The third kappa shape index (κ3) is 3.06. The van der Waals surface area contributed by atoms with E-state index in [1.165, 1.54) is 26.1 Å². The Morgan fingerprint density at radius 3 is 2.67 bits per heavy atom. The number of halogens is 1. The van der Waals surface area contributed by atoms with Crippen LogP contribution < -0.4 is 0 Å². The van der Waals surface area contributed by atoms with E-state index in [0.29, 0.717) is 4.83 Å². The molecule has 72 valence electrons. The fourth-order valence-corrected chi connectivity index (χ4v) is 2.44. The Bertz CT molecular complexity index is 136. The van der Waals surface area contributed by atoms with E-state index in [-0.39, 0.29) is 0 Å². The van der Waals surface area contributed by atoms with Gasteiger partial charge in [-0.05, 0) is 24.8 Å². The van der Waals surface area contributed by atoms with Crippen molar-refractivity contribution in [2.24, 2.45) is 11.8 Å². The zero-order valence-electron chi connectivity index (χ0n) is 8.39. The molecule has 0 aliphatic carbocycles. The summed E-state index contributed by atoms with van der Waals surface area (Å²) in [5.74, 6) is 1.66. The Balaban J connectivity index is 2.30. The van der Waals surface area contributed by atoms with Crippen LogP contribution in [0.4, 0.5) is 0 Å². The van der Waals surface area contributed by atoms with Crippen LogP contribution in [0.2, 0.25) is 0 Å². The molecular weight excluding hydrogens is 214 g/mol. The minimum atomic E-state index is 0.713. The van der Waals surface area contributed by atoms with Crippen LogP contribution >= 0.6 is 15.9 Å². The number of rotatable bonds is 2. The van der Waals surface area contributed by atoms with Crippen molar-refractivity contribution in [1.82, 2.24) is 4.90 Å². The highest BCUT2D eigenvalue weighted by molar-refractivity contribution is 9.09. The molecule has 0 bridgehead atoms. The maximum absolute atomic E-state index is 3.74. The molecule has 1 saturated heterocycles. The predicted molar refractivity (Wildman–Crippen MR) is 57.8 cm³/mol. The summed E-state index contributed by atoms with van der Waals surface area (Å²) in [6.07, 6.45) is 1.35. The van der Waals surface area contributed by atoms with Crippen LogP contribution in [0.5, 0.6) is 0 Å². The fourth-order valence-electron chi connectivity index (χ4n) is 1.77. The monoisotopic (exact) mass is 233 g/mol. The number of alkyl halides is 1. The van der Waals surface area contributed by atoms with Crippen molar-refractivity contribution in [2.45, 2.75) is 32.0 Å². The molecule has 0 saturated carbocycles. The van der Waals surface area contributed by atoms with Crippen LogP contribution in [-0.4, -0.2) is 29.4 Å². The quantitative estimate of drug-likeness (QED) is 0.664. The lowest BCUT2D eigenvalue weighted by Gasteiger charge is -2.35. The highest BCUT2D eigenvalue weighted by Gasteiger charge is 2.23. The van der Waals surface area contributed by atoms with E-state index < -0.39 is 0 Å². The summed E-state index contributed by atoms with van der Waals surface area (Å²) < 4.78 is 0. The molecule has 0 N–H and O–H groups in total. The first-order valence-corrected chi connectivity index (χ1v) is 5.87. The standard InChI is InChI=1S/C10H20BrN/c1-8(2)6-12-5-4-9(3)10(11)7-12/h8-10H,4-7H2,1-3H3. The molecule has 0 spiro atoms. The Morgan fingerprint density at radius 1 is 1.50 bits per heavy atom. The van der Waals surface area contributed by atoms with Crippen LogP contribution in [0, 0.1) is 11.8 Å². The summed E-state index contributed by atoms with van der Waals surface area (Å²) in [5, 5.41) is 0. The van der Waals surface area contributed by atoms with Crippen molar-refractivity contribution in [1.29, 1.82) is 0 Å². The van der Waals surface area contributed by atoms with Crippen molar-refractivity contribution in [2.75, 3.05) is 19.6 Å². The zero-order chi connectivity index (χ0) is 9.14. The van der Waals surface area contributed by atoms with Gasteiger partial charge in [0.05, 0.1) is 0 Å². The lowest BCUT2D eigenvalue weighted by atomic mass is 9.98. The van der Waals surface area contributed by atoms with E-state index in [9.17, 15) is 0 Å². The minimum Gasteiger partial charge on any atom is -0.302 e. The first-order valence-electron chi connectivity index (χ1n) is 4.96. The Labute approximate surface area is 84.6 Å². The average molecular weight is 234 g/mol. The van der Waals surface area contributed by atoms with E-state index in [0.717, 1.165) is 11.8 Å². The van der Waals surface area contributed by atoms with Gasteiger partial charge in [0.25, 0.3) is 0 Å². The van der Waals surface area contributed by atoms with Gasteiger partial charge < -0.3 is 4.90 Å². The second-order valence-corrected chi connectivity index (χ2v) is 5.61. The van der Waals surface area contributed by atoms with E-state index in [1.807, 2.05) is 0 Å². The third-order valence-corrected chi connectivity index (χ3v) is 3.77. The van der Waals surface area contributed by atoms with Gasteiger partial charge in [0.1, 0.15) is 0 Å². The SMILES string of the molecule is CC(C)CN1CCC(C)C(Br)C1. The molecule has 2 heteroatoms. The molecule has 2 atom stereocenters. The molecule has 12 heavy (non-hydrogen) atoms. The molecule has 2 unspecified atom stereocenters. The van der Waals surface area contributed by atoms with E-state index in [2.05, 4.69) is 41.6 Å². The smallest absolute Gasteiger partial charge is 0.0299 e. The second kappa shape index (κ2) is 4.61. The van der Waals surface area contributed by atoms with E-state index >= 15 is 0 Å². The van der Waals surface area contributed by atoms with Gasteiger partial charge in [0.2, 0.25) is 0 Å². The summed E-state index contributed by atoms with van der Waals surface area (Å²) in [4.78, 5) is 3.29. The maximum atomic E-state index is 3.74. The molecule has 1 fully saturated rings. The van der Waals surface area contributed by atoms with E-state index in [4.69, 9.17) is 0 Å². The third-order valence-electron chi connectivity index (χ3n) is 2.57. The van der Waals surface area contributed by atoms with Crippen molar-refractivity contribution in [3.05, 3.63) is 0 Å². The van der Waals surface area contributed by atoms with Gasteiger partial charge in [-0.15, -0.1) is 0 Å². The lowest BCUT2D eigenvalue weighted by molar-refractivity contribution is 0.183. The second-order valence-electron chi connectivity index (χ2n) is 4.44. The summed E-state index contributed by atoms with van der Waals surface area (Å²) in [6.45, 7) is 10.7. The summed E-state index contributed by atoms with van der Waals surface area (Å²) in [7, 11) is 0. The maximum Gasteiger partial charge on any atom is 0.0299 e. The van der Waals surface area contributed by atoms with E-state index in [1.54, 1.807) is 0 Å². The summed E-state index contributed by atoms with van der Waals surface area (Å²) in [5.41, 5.74) is 0. The predicted octanol–water partition coefficient (Wildman–Crippen LogP) is 2.75. The molecule has 1 heterocycles. The number of hydrogen-bond donors (Lipinski definition) is 0. The molecule has 1 nitrogen and oxygen atoms in total. The first kappa shape index (κ1) is 10.5. The lowest BCUT2D eigenvalue weighted by Crippen LogP contribution is -2.41. The number of likely N-dealkylation sites (tertiary alicyclic amines) is 1. The van der Waals surface area contributed by atoms with Gasteiger partial charge >= 0.3 is 0 Å². The zero-order valence-corrected chi connectivity index (χ0v) is 9.97. The minimum absolute atomic E-state index is 0.713. The number of nitrogens with zero attached hydrogens (tertiary/aromatic N) is 1. The van der Waals surface area contributed by atoms with Gasteiger partial charge in [-0.3, -0.25) is 0 Å². The number of piperidine rings is 1. The molecular formula is C10H20BrN. The Morgan fingerprint density at radius 2 is 2.17 bits per heavy atom. The highest BCUT2D eigenvalue weighted by Crippen LogP contribution is 2.23. The molecule has 0 amide bonds. The molecule has 1 aliphatic rings. The van der Waals surface area contributed by atoms with Crippen LogP contribution in [0.3, 0.4) is 0 Å². The molecule has 0 aromatic heterocycles. The Kier molecular flexibility index (Phi) is 4.04. The van der Waals surface area contributed by atoms with Gasteiger partial charge in [0, 0.05) is 17.9 Å². The summed E-state index contributed by atoms with van der Waals surface area (Å²) in [6, 6.07) is 0. The Hall–Kier alpha value is 0.440. The van der Waals surface area contributed by atoms with Crippen LogP contribution in [0.1, 0.15) is 27.2 Å². The topological polar surface area (TPSA) is 3.24 Å². The largest absolute Gasteiger partial charge is 0.302 e. The molecule has 0 aromatic carbocycles. The van der Waals surface area contributed by atoms with Crippen LogP contribution in [0.25, 0.3) is 0 Å². The van der Waals surface area contributed by atoms with Gasteiger partial charge in [-0.2, -0.15) is 0 Å². The van der Waals surface area contributed by atoms with Crippen LogP contribution in [-0.2, 0) is 0 Å². The first-order chi connectivity index (χ1) is 5.59. The molecule has 0 radical (unpaired) electrons. The van der Waals surface area contributed by atoms with Crippen molar-refractivity contribution < 1.29 is 0 Å². The summed E-state index contributed by atoms with van der Waals surface area (Å²) >= 11 is 3.74. The van der Waals surface area contributed by atoms with Gasteiger partial charge in [0.15, 0.2) is 0 Å². The fraction of sp³-hybridized carbons (Fsp3) is 1.00.